The second kappa shape index (κ2) is 25.4. The van der Waals surface area contributed by atoms with E-state index in [-0.39, 0.29) is 12.7 Å². The van der Waals surface area contributed by atoms with Crippen LogP contribution in [0.25, 0.3) is 0 Å². The third kappa shape index (κ3) is 24.4. The Labute approximate surface area is 199 Å². The number of nitrogens with zero attached hydrogens (tertiary/aromatic N) is 1. The summed E-state index contributed by atoms with van der Waals surface area (Å²) in [6, 6.07) is 0. The average molecular weight is 478 g/mol. The van der Waals surface area contributed by atoms with Crippen LogP contribution >= 0.6 is 8.60 Å². The molecule has 0 aromatic carbocycles. The second-order valence-corrected chi connectivity index (χ2v) is 10.1. The number of hydrogen-bond acceptors (Lipinski definition) is 6. The van der Waals surface area contributed by atoms with Gasteiger partial charge in [0.15, 0.2) is 0 Å². The van der Waals surface area contributed by atoms with Crippen LogP contribution in [0.2, 0.25) is 0 Å². The molecule has 192 valence electrons. The Morgan fingerprint density at radius 1 is 0.781 bits per heavy atom. The van der Waals surface area contributed by atoms with Crippen LogP contribution < -0.4 is 0 Å². The van der Waals surface area contributed by atoms with E-state index in [1.165, 1.54) is 89.9 Å². The summed E-state index contributed by atoms with van der Waals surface area (Å²) in [5, 5.41) is 0. The molecule has 32 heavy (non-hydrogen) atoms. The van der Waals surface area contributed by atoms with Crippen LogP contribution in [0.4, 0.5) is 0 Å². The molecule has 0 bridgehead atoms. The highest BCUT2D eigenvalue weighted by Crippen LogP contribution is 2.33. The Bertz CT molecular complexity index is 387. The molecule has 0 aliphatic heterocycles. The van der Waals surface area contributed by atoms with Crippen LogP contribution in [-0.2, 0) is 18.6 Å². The van der Waals surface area contributed by atoms with Crippen molar-refractivity contribution in [2.24, 2.45) is 0 Å². The molecule has 0 aliphatic rings. The lowest BCUT2D eigenvalue weighted by Gasteiger charge is -2.18. The zero-order chi connectivity index (χ0) is 23.7. The number of carbonyl (C=O) groups is 1. The van der Waals surface area contributed by atoms with Crippen LogP contribution in [0.5, 0.6) is 0 Å². The average Bonchev–Trinajstić information content (AvgIpc) is 2.76. The molecule has 7 heteroatoms. The first-order valence-corrected chi connectivity index (χ1v) is 14.2. The van der Waals surface area contributed by atoms with Crippen molar-refractivity contribution < 1.29 is 23.5 Å². The normalized spacial score (nSPS) is 13.4. The fourth-order valence-electron chi connectivity index (χ4n) is 3.67. The van der Waals surface area contributed by atoms with Crippen LogP contribution in [0.15, 0.2) is 0 Å². The van der Waals surface area contributed by atoms with Crippen molar-refractivity contribution in [2.45, 2.75) is 122 Å². The van der Waals surface area contributed by atoms with Crippen molar-refractivity contribution in [3.8, 4) is 0 Å². The predicted octanol–water partition coefficient (Wildman–Crippen LogP) is 6.99. The Morgan fingerprint density at radius 3 is 1.69 bits per heavy atom. The van der Waals surface area contributed by atoms with Crippen molar-refractivity contribution in [1.82, 2.24) is 4.90 Å². The number of likely N-dealkylation sites (N-methyl/N-ethyl adjacent to an activating group) is 1. The van der Waals surface area contributed by atoms with E-state index in [0.717, 1.165) is 25.8 Å². The van der Waals surface area contributed by atoms with Crippen molar-refractivity contribution in [3.63, 3.8) is 0 Å². The summed E-state index contributed by atoms with van der Waals surface area (Å²) in [5.41, 5.74) is 0. The molecule has 6 nitrogen and oxygen atoms in total. The minimum Gasteiger partial charge on any atom is -0.462 e. The van der Waals surface area contributed by atoms with Crippen molar-refractivity contribution >= 4 is 15.1 Å². The number of unbranched alkanes of at least 4 members (excludes halogenated alkanes) is 15. The van der Waals surface area contributed by atoms with Gasteiger partial charge in [0, 0.05) is 6.54 Å². The molecule has 0 saturated heterocycles. The highest BCUT2D eigenvalue weighted by Gasteiger charge is 2.14. The Kier molecular flexibility index (Phi) is 25.2. The SMILES string of the molecule is CCCCCCCCCCCCCCCCCCC(COP(O)OCCN(C)C)OC=O. The highest BCUT2D eigenvalue weighted by molar-refractivity contribution is 7.40. The first kappa shape index (κ1) is 31.7. The third-order valence-electron chi connectivity index (χ3n) is 5.74. The lowest BCUT2D eigenvalue weighted by atomic mass is 10.0. The van der Waals surface area contributed by atoms with Gasteiger partial charge in [-0.25, -0.2) is 0 Å². The van der Waals surface area contributed by atoms with Gasteiger partial charge in [-0.05, 0) is 26.9 Å². The molecule has 0 heterocycles. The molecule has 0 fully saturated rings. The number of ether oxygens (including phenoxy) is 1. The van der Waals surface area contributed by atoms with E-state index >= 15 is 0 Å². The van der Waals surface area contributed by atoms with Crippen molar-refractivity contribution in [2.75, 3.05) is 33.9 Å². The van der Waals surface area contributed by atoms with Crippen LogP contribution in [-0.4, -0.2) is 56.2 Å². The molecule has 0 radical (unpaired) electrons. The van der Waals surface area contributed by atoms with Crippen molar-refractivity contribution in [3.05, 3.63) is 0 Å². The zero-order valence-electron chi connectivity index (χ0n) is 21.3. The van der Waals surface area contributed by atoms with Gasteiger partial charge in [0.2, 0.25) is 0 Å². The lowest BCUT2D eigenvalue weighted by molar-refractivity contribution is -0.135. The zero-order valence-corrected chi connectivity index (χ0v) is 22.2. The molecule has 0 amide bonds. The summed E-state index contributed by atoms with van der Waals surface area (Å²) in [5.74, 6) is 0. The molecule has 0 aromatic heterocycles. The highest BCUT2D eigenvalue weighted by atomic mass is 31.2. The first-order chi connectivity index (χ1) is 15.6. The van der Waals surface area contributed by atoms with E-state index in [1.807, 2.05) is 19.0 Å². The molecule has 2 atom stereocenters. The van der Waals surface area contributed by atoms with Gasteiger partial charge >= 0.3 is 8.60 Å². The minimum atomic E-state index is -1.92. The van der Waals surface area contributed by atoms with E-state index in [0.29, 0.717) is 13.1 Å². The molecule has 0 aliphatic carbocycles. The predicted molar refractivity (Wildman–Crippen MR) is 135 cm³/mol. The Morgan fingerprint density at radius 2 is 1.25 bits per heavy atom. The Hall–Kier alpha value is -0.260. The van der Waals surface area contributed by atoms with E-state index in [9.17, 15) is 9.69 Å². The second-order valence-electron chi connectivity index (χ2n) is 9.12. The van der Waals surface area contributed by atoms with Gasteiger partial charge in [0.05, 0.1) is 13.2 Å². The topological polar surface area (TPSA) is 68.2 Å². The van der Waals surface area contributed by atoms with E-state index < -0.39 is 8.60 Å². The van der Waals surface area contributed by atoms with Gasteiger partial charge in [-0.3, -0.25) is 4.79 Å². The summed E-state index contributed by atoms with van der Waals surface area (Å²) in [6.45, 7) is 4.05. The fraction of sp³-hybridized carbons (Fsp3) is 0.960. The summed E-state index contributed by atoms with van der Waals surface area (Å²) < 4.78 is 15.6. The standard InChI is InChI=1S/C25H52NO5P/c1-4-5-6-7-8-9-10-11-12-13-14-15-16-17-18-19-20-25(29-24-27)23-31-32(28)30-22-21-26(2)3/h24-25,28H,4-23H2,1-3H3. The molecule has 0 rings (SSSR count). The molecule has 0 saturated carbocycles. The molecular formula is C25H52NO5P. The number of carbonyl (C=O) groups excluding carboxylic acids is 1. The lowest BCUT2D eigenvalue weighted by Crippen LogP contribution is -2.20. The van der Waals surface area contributed by atoms with Gasteiger partial charge in [-0.2, -0.15) is 0 Å². The summed E-state index contributed by atoms with van der Waals surface area (Å²) in [6.07, 6.45) is 21.8. The van der Waals surface area contributed by atoms with Crippen LogP contribution in [0.1, 0.15) is 116 Å². The van der Waals surface area contributed by atoms with Gasteiger partial charge < -0.3 is 23.6 Å². The van der Waals surface area contributed by atoms with Crippen LogP contribution in [0.3, 0.4) is 0 Å². The van der Waals surface area contributed by atoms with Gasteiger partial charge in [-0.15, -0.1) is 0 Å². The van der Waals surface area contributed by atoms with E-state index in [2.05, 4.69) is 6.92 Å². The maximum Gasteiger partial charge on any atom is 0.330 e. The quantitative estimate of drug-likeness (QED) is 0.0822. The molecule has 0 spiro atoms. The largest absolute Gasteiger partial charge is 0.462 e. The third-order valence-corrected chi connectivity index (χ3v) is 6.51. The molecular weight excluding hydrogens is 425 g/mol. The summed E-state index contributed by atoms with van der Waals surface area (Å²) in [4.78, 5) is 22.4. The number of rotatable bonds is 26. The van der Waals surface area contributed by atoms with Gasteiger partial charge in [-0.1, -0.05) is 103 Å². The maximum atomic E-state index is 10.7. The molecule has 2 unspecified atom stereocenters. The minimum absolute atomic E-state index is 0.182. The van der Waals surface area contributed by atoms with E-state index in [1.54, 1.807) is 0 Å². The number of hydrogen-bond donors (Lipinski definition) is 1. The first-order valence-electron chi connectivity index (χ1n) is 13.1. The Balaban J connectivity index is 3.47. The summed E-state index contributed by atoms with van der Waals surface area (Å²) in [7, 11) is 1.96. The van der Waals surface area contributed by atoms with Crippen molar-refractivity contribution in [1.29, 1.82) is 0 Å². The fourth-order valence-corrected chi connectivity index (χ4v) is 4.28. The van der Waals surface area contributed by atoms with Gasteiger partial charge in [0.25, 0.3) is 6.47 Å². The van der Waals surface area contributed by atoms with Crippen LogP contribution in [0, 0.1) is 0 Å². The van der Waals surface area contributed by atoms with Gasteiger partial charge in [0.1, 0.15) is 6.10 Å². The summed E-state index contributed by atoms with van der Waals surface area (Å²) >= 11 is 0. The maximum absolute atomic E-state index is 10.7. The molecule has 0 aromatic rings. The smallest absolute Gasteiger partial charge is 0.330 e. The monoisotopic (exact) mass is 477 g/mol. The molecule has 1 N–H and O–H groups in total. The van der Waals surface area contributed by atoms with E-state index in [4.69, 9.17) is 13.8 Å².